The minimum Gasteiger partial charge on any atom is -0.341 e. The number of carbonyl (C=O) groups excluding carboxylic acids is 1. The van der Waals surface area contributed by atoms with E-state index in [0.29, 0.717) is 5.91 Å². The van der Waals surface area contributed by atoms with Crippen LogP contribution in [0.5, 0.6) is 0 Å². The monoisotopic (exact) mass is 168 g/mol. The van der Waals surface area contributed by atoms with Crippen LogP contribution in [-0.4, -0.2) is 36.5 Å². The van der Waals surface area contributed by atoms with Crippen LogP contribution in [0.3, 0.4) is 0 Å². The number of likely N-dealkylation sites (tertiary alicyclic amines) is 1. The largest absolute Gasteiger partial charge is 0.341 e. The van der Waals surface area contributed by atoms with Crippen LogP contribution in [0.25, 0.3) is 0 Å². The van der Waals surface area contributed by atoms with Crippen LogP contribution in [0.15, 0.2) is 0 Å². The van der Waals surface area contributed by atoms with E-state index >= 15 is 0 Å². The second-order valence-corrected chi connectivity index (χ2v) is 3.68. The highest BCUT2D eigenvalue weighted by Gasteiger charge is 2.29. The molecule has 3 nitrogen and oxygen atoms in total. The number of hydrogen-bond acceptors (Lipinski definition) is 2. The van der Waals surface area contributed by atoms with Crippen LogP contribution >= 0.6 is 0 Å². The number of carbonyl (C=O) groups is 1. The molecule has 1 amide bonds. The molecule has 1 atom stereocenters. The lowest BCUT2D eigenvalue weighted by atomic mass is 10.0. The number of nitrogens with one attached hydrogen (secondary N) is 1. The third kappa shape index (κ3) is 1.46. The van der Waals surface area contributed by atoms with Gasteiger partial charge in [-0.15, -0.1) is 0 Å². The van der Waals surface area contributed by atoms with Crippen molar-refractivity contribution in [1.29, 1.82) is 0 Å². The Morgan fingerprint density at radius 3 is 2.42 bits per heavy atom. The molecule has 2 aliphatic heterocycles. The summed E-state index contributed by atoms with van der Waals surface area (Å²) in [5, 5.41) is 3.15. The molecule has 0 saturated carbocycles. The maximum atomic E-state index is 11.6. The smallest absolute Gasteiger partial charge is 0.239 e. The summed E-state index contributed by atoms with van der Waals surface area (Å²) in [7, 11) is 0. The molecule has 68 valence electrons. The Morgan fingerprint density at radius 1 is 1.25 bits per heavy atom. The van der Waals surface area contributed by atoms with Crippen molar-refractivity contribution < 1.29 is 4.79 Å². The summed E-state index contributed by atoms with van der Waals surface area (Å²) in [5.41, 5.74) is 0. The fourth-order valence-electron chi connectivity index (χ4n) is 1.83. The summed E-state index contributed by atoms with van der Waals surface area (Å²) in [6, 6.07) is 0.156. The van der Waals surface area contributed by atoms with Gasteiger partial charge in [-0.3, -0.25) is 4.79 Å². The minimum absolute atomic E-state index is 0.156. The normalized spacial score (nSPS) is 29.7. The van der Waals surface area contributed by atoms with Crippen molar-refractivity contribution in [3.05, 3.63) is 0 Å². The lowest BCUT2D eigenvalue weighted by Crippen LogP contribution is -2.55. The quantitative estimate of drug-likeness (QED) is 0.613. The second-order valence-electron chi connectivity index (χ2n) is 3.68. The fraction of sp³-hybridized carbons (Fsp3) is 0.889. The number of piperidine rings is 1. The minimum atomic E-state index is 0.156. The van der Waals surface area contributed by atoms with Crippen molar-refractivity contribution in [2.75, 3.05) is 19.6 Å². The van der Waals surface area contributed by atoms with Gasteiger partial charge in [-0.1, -0.05) is 0 Å². The summed E-state index contributed by atoms with van der Waals surface area (Å²) in [5.74, 6) is 0.334. The first-order valence-electron chi connectivity index (χ1n) is 4.90. The van der Waals surface area contributed by atoms with Crippen LogP contribution in [0.4, 0.5) is 0 Å². The van der Waals surface area contributed by atoms with Gasteiger partial charge in [0.2, 0.25) is 5.91 Å². The lowest BCUT2D eigenvalue weighted by Gasteiger charge is -2.34. The molecule has 0 bridgehead atoms. The van der Waals surface area contributed by atoms with Crippen LogP contribution in [0.2, 0.25) is 0 Å². The third-order valence-corrected chi connectivity index (χ3v) is 2.79. The van der Waals surface area contributed by atoms with Gasteiger partial charge in [0.25, 0.3) is 0 Å². The van der Waals surface area contributed by atoms with Crippen molar-refractivity contribution in [3.8, 4) is 0 Å². The Kier molecular flexibility index (Phi) is 2.30. The van der Waals surface area contributed by atoms with Gasteiger partial charge in [0.1, 0.15) is 0 Å². The molecule has 0 aliphatic carbocycles. The Bertz CT molecular complexity index is 171. The number of amides is 1. The molecule has 0 radical (unpaired) electrons. The molecule has 0 aromatic heterocycles. The molecule has 1 N–H and O–H groups in total. The van der Waals surface area contributed by atoms with E-state index in [1.807, 2.05) is 4.90 Å². The second kappa shape index (κ2) is 3.44. The molecule has 2 heterocycles. The molecule has 2 saturated heterocycles. The fourth-order valence-corrected chi connectivity index (χ4v) is 1.83. The maximum absolute atomic E-state index is 11.6. The first-order chi connectivity index (χ1) is 5.88. The highest BCUT2D eigenvalue weighted by Crippen LogP contribution is 2.13. The maximum Gasteiger partial charge on any atom is 0.239 e. The van der Waals surface area contributed by atoms with Gasteiger partial charge in [0, 0.05) is 13.1 Å². The topological polar surface area (TPSA) is 32.3 Å². The van der Waals surface area contributed by atoms with E-state index in [-0.39, 0.29) is 6.04 Å². The summed E-state index contributed by atoms with van der Waals surface area (Å²) in [6.07, 6.45) is 4.72. The first kappa shape index (κ1) is 8.05. The molecule has 2 aliphatic rings. The predicted octanol–water partition coefficient (Wildman–Crippen LogP) is 0.361. The number of hydrogen-bond donors (Lipinski definition) is 1. The summed E-state index contributed by atoms with van der Waals surface area (Å²) in [4.78, 5) is 13.7. The zero-order chi connectivity index (χ0) is 8.39. The van der Waals surface area contributed by atoms with E-state index < -0.39 is 0 Å². The number of nitrogens with zero attached hydrogens (tertiary/aromatic N) is 1. The van der Waals surface area contributed by atoms with E-state index in [9.17, 15) is 4.79 Å². The molecule has 3 heteroatoms. The molecule has 2 rings (SSSR count). The average molecular weight is 168 g/mol. The van der Waals surface area contributed by atoms with Gasteiger partial charge in [0.05, 0.1) is 6.04 Å². The van der Waals surface area contributed by atoms with Crippen LogP contribution in [0, 0.1) is 0 Å². The van der Waals surface area contributed by atoms with E-state index in [0.717, 1.165) is 26.1 Å². The highest BCUT2D eigenvalue weighted by molar-refractivity contribution is 5.82. The lowest BCUT2D eigenvalue weighted by molar-refractivity contribution is -0.136. The van der Waals surface area contributed by atoms with Crippen molar-refractivity contribution in [2.45, 2.75) is 31.7 Å². The Balaban J connectivity index is 1.84. The Morgan fingerprint density at radius 2 is 1.92 bits per heavy atom. The summed E-state index contributed by atoms with van der Waals surface area (Å²) in [6.45, 7) is 2.98. The standard InChI is InChI=1S/C9H16N2O/c12-9(8-4-5-10-8)11-6-2-1-3-7-11/h8,10H,1-7H2. The molecule has 0 spiro atoms. The summed E-state index contributed by atoms with van der Waals surface area (Å²) >= 11 is 0. The highest BCUT2D eigenvalue weighted by atomic mass is 16.2. The van der Waals surface area contributed by atoms with Crippen molar-refractivity contribution in [3.63, 3.8) is 0 Å². The van der Waals surface area contributed by atoms with Crippen molar-refractivity contribution in [2.24, 2.45) is 0 Å². The van der Waals surface area contributed by atoms with Gasteiger partial charge in [-0.2, -0.15) is 0 Å². The zero-order valence-corrected chi connectivity index (χ0v) is 7.38. The van der Waals surface area contributed by atoms with E-state index in [4.69, 9.17) is 0 Å². The average Bonchev–Trinajstić information content (AvgIpc) is 2.03. The van der Waals surface area contributed by atoms with E-state index in [1.165, 1.54) is 19.3 Å². The molecular formula is C9H16N2O. The van der Waals surface area contributed by atoms with E-state index in [2.05, 4.69) is 5.32 Å². The van der Waals surface area contributed by atoms with Gasteiger partial charge < -0.3 is 10.2 Å². The van der Waals surface area contributed by atoms with E-state index in [1.54, 1.807) is 0 Å². The van der Waals surface area contributed by atoms with Crippen LogP contribution in [0.1, 0.15) is 25.7 Å². The SMILES string of the molecule is O=C(C1CCN1)N1CCCCC1. The molecule has 1 unspecified atom stereocenters. The van der Waals surface area contributed by atoms with Crippen molar-refractivity contribution in [1.82, 2.24) is 10.2 Å². The molecule has 2 fully saturated rings. The van der Waals surface area contributed by atoms with Gasteiger partial charge in [-0.05, 0) is 32.2 Å². The predicted molar refractivity (Wildman–Crippen MR) is 46.8 cm³/mol. The first-order valence-corrected chi connectivity index (χ1v) is 4.90. The molecule has 12 heavy (non-hydrogen) atoms. The van der Waals surface area contributed by atoms with Crippen LogP contribution < -0.4 is 5.32 Å². The van der Waals surface area contributed by atoms with Crippen molar-refractivity contribution >= 4 is 5.91 Å². The number of rotatable bonds is 1. The Hall–Kier alpha value is -0.570. The van der Waals surface area contributed by atoms with Gasteiger partial charge in [-0.25, -0.2) is 0 Å². The molecule has 0 aromatic carbocycles. The van der Waals surface area contributed by atoms with Gasteiger partial charge >= 0.3 is 0 Å². The van der Waals surface area contributed by atoms with Crippen LogP contribution in [-0.2, 0) is 4.79 Å². The molecular weight excluding hydrogens is 152 g/mol. The summed E-state index contributed by atoms with van der Waals surface area (Å²) < 4.78 is 0. The molecule has 0 aromatic rings. The zero-order valence-electron chi connectivity index (χ0n) is 7.38. The Labute approximate surface area is 73.1 Å². The third-order valence-electron chi connectivity index (χ3n) is 2.79. The van der Waals surface area contributed by atoms with Gasteiger partial charge in [0.15, 0.2) is 0 Å².